The van der Waals surface area contributed by atoms with Gasteiger partial charge in [-0.15, -0.1) is 0 Å². The highest BCUT2D eigenvalue weighted by molar-refractivity contribution is 5.86. The first kappa shape index (κ1) is 14.9. The van der Waals surface area contributed by atoms with Crippen molar-refractivity contribution in [1.82, 2.24) is 10.6 Å². The molecule has 1 amide bonds. The second-order valence-corrected chi connectivity index (χ2v) is 4.56. The minimum atomic E-state index is -0.999. The van der Waals surface area contributed by atoms with Crippen LogP contribution in [0.15, 0.2) is 0 Å². The van der Waals surface area contributed by atoms with Gasteiger partial charge >= 0.3 is 5.97 Å². The molecule has 1 fully saturated rings. The van der Waals surface area contributed by atoms with Crippen molar-refractivity contribution >= 4 is 11.9 Å². The first-order valence-electron chi connectivity index (χ1n) is 6.43. The van der Waals surface area contributed by atoms with E-state index in [0.29, 0.717) is 6.54 Å². The van der Waals surface area contributed by atoms with Gasteiger partial charge in [-0.05, 0) is 25.8 Å². The number of nitrogens with one attached hydrogen (secondary N) is 2. The Balaban J connectivity index is 2.27. The van der Waals surface area contributed by atoms with Crippen LogP contribution in [0.2, 0.25) is 0 Å². The topological polar surface area (TPSA) is 87.7 Å². The molecular formula is C12H22N2O4. The molecule has 0 aromatic heterocycles. The minimum absolute atomic E-state index is 0.000718. The molecule has 0 aromatic rings. The molecule has 1 saturated heterocycles. The number of carbonyl (C=O) groups is 2. The summed E-state index contributed by atoms with van der Waals surface area (Å²) in [6.07, 6.45) is 3.66. The molecule has 0 bridgehead atoms. The van der Waals surface area contributed by atoms with E-state index in [2.05, 4.69) is 17.6 Å². The smallest absolute Gasteiger partial charge is 0.329 e. The highest BCUT2D eigenvalue weighted by Crippen LogP contribution is 2.24. The largest absolute Gasteiger partial charge is 0.480 e. The Morgan fingerprint density at radius 2 is 2.28 bits per heavy atom. The fourth-order valence-corrected chi connectivity index (χ4v) is 2.32. The molecule has 6 nitrogen and oxygen atoms in total. The Labute approximate surface area is 107 Å². The molecule has 0 aromatic carbocycles. The summed E-state index contributed by atoms with van der Waals surface area (Å²) >= 11 is 0. The van der Waals surface area contributed by atoms with Crippen molar-refractivity contribution in [3.63, 3.8) is 0 Å². The van der Waals surface area contributed by atoms with Crippen molar-refractivity contribution in [2.24, 2.45) is 0 Å². The van der Waals surface area contributed by atoms with Crippen LogP contribution in [-0.4, -0.2) is 48.8 Å². The standard InChI is InChI=1S/C12H22N2O4/c1-2-4-12(5-3-6-14-12)11(17)13-7-8-18-9-10(15)16/h14H,2-9H2,1H3,(H,13,17)(H,15,16). The molecule has 6 heteroatoms. The Hall–Kier alpha value is -1.14. The molecule has 1 rings (SSSR count). The van der Waals surface area contributed by atoms with Crippen LogP contribution in [0.25, 0.3) is 0 Å². The molecule has 18 heavy (non-hydrogen) atoms. The molecule has 1 aliphatic heterocycles. The zero-order valence-corrected chi connectivity index (χ0v) is 10.8. The molecule has 3 N–H and O–H groups in total. The van der Waals surface area contributed by atoms with Gasteiger partial charge in [0.25, 0.3) is 0 Å². The van der Waals surface area contributed by atoms with Crippen molar-refractivity contribution < 1.29 is 19.4 Å². The monoisotopic (exact) mass is 258 g/mol. The van der Waals surface area contributed by atoms with Gasteiger partial charge in [0.15, 0.2) is 0 Å². The SMILES string of the molecule is CCCC1(C(=O)NCCOCC(=O)O)CCCN1. The Morgan fingerprint density at radius 3 is 2.83 bits per heavy atom. The van der Waals surface area contributed by atoms with Crippen molar-refractivity contribution in [3.8, 4) is 0 Å². The van der Waals surface area contributed by atoms with Gasteiger partial charge in [0.1, 0.15) is 6.61 Å². The predicted octanol–water partition coefficient (Wildman–Crippen LogP) is 0.126. The quantitative estimate of drug-likeness (QED) is 0.538. The molecule has 0 spiro atoms. The van der Waals surface area contributed by atoms with Crippen molar-refractivity contribution in [2.45, 2.75) is 38.1 Å². The highest BCUT2D eigenvalue weighted by Gasteiger charge is 2.39. The molecule has 104 valence electrons. The summed E-state index contributed by atoms with van der Waals surface area (Å²) in [6, 6.07) is 0. The summed E-state index contributed by atoms with van der Waals surface area (Å²) in [5.41, 5.74) is -0.429. The van der Waals surface area contributed by atoms with Gasteiger partial charge in [-0.2, -0.15) is 0 Å². The Kier molecular flexibility index (Phi) is 6.07. The van der Waals surface area contributed by atoms with Crippen LogP contribution in [0.5, 0.6) is 0 Å². The third-order valence-electron chi connectivity index (χ3n) is 3.11. The van der Waals surface area contributed by atoms with Gasteiger partial charge in [0.05, 0.1) is 12.1 Å². The molecular weight excluding hydrogens is 236 g/mol. The van der Waals surface area contributed by atoms with Crippen molar-refractivity contribution in [2.75, 3.05) is 26.3 Å². The van der Waals surface area contributed by atoms with Crippen LogP contribution in [0.1, 0.15) is 32.6 Å². The number of carboxylic acid groups (broad SMARTS) is 1. The van der Waals surface area contributed by atoms with E-state index in [-0.39, 0.29) is 19.1 Å². The average molecular weight is 258 g/mol. The number of hydrogen-bond acceptors (Lipinski definition) is 4. The zero-order valence-electron chi connectivity index (χ0n) is 10.8. The first-order valence-corrected chi connectivity index (χ1v) is 6.43. The first-order chi connectivity index (χ1) is 8.60. The maximum absolute atomic E-state index is 12.1. The number of rotatable bonds is 8. The predicted molar refractivity (Wildman–Crippen MR) is 66.3 cm³/mol. The maximum Gasteiger partial charge on any atom is 0.329 e. The number of aliphatic carboxylic acids is 1. The number of hydrogen-bond donors (Lipinski definition) is 3. The van der Waals surface area contributed by atoms with Crippen LogP contribution in [0.3, 0.4) is 0 Å². The second-order valence-electron chi connectivity index (χ2n) is 4.56. The number of amides is 1. The summed E-state index contributed by atoms with van der Waals surface area (Å²) in [6.45, 7) is 3.18. The van der Waals surface area contributed by atoms with E-state index in [0.717, 1.165) is 32.2 Å². The van der Waals surface area contributed by atoms with E-state index in [1.807, 2.05) is 0 Å². The lowest BCUT2D eigenvalue weighted by Gasteiger charge is -2.27. The van der Waals surface area contributed by atoms with E-state index in [9.17, 15) is 9.59 Å². The van der Waals surface area contributed by atoms with Gasteiger partial charge < -0.3 is 20.5 Å². The van der Waals surface area contributed by atoms with Crippen LogP contribution in [-0.2, 0) is 14.3 Å². The molecule has 1 aliphatic rings. The van der Waals surface area contributed by atoms with E-state index in [1.54, 1.807) is 0 Å². The Morgan fingerprint density at radius 1 is 1.50 bits per heavy atom. The molecule has 1 heterocycles. The summed E-state index contributed by atoms with van der Waals surface area (Å²) in [7, 11) is 0. The average Bonchev–Trinajstić information content (AvgIpc) is 2.78. The minimum Gasteiger partial charge on any atom is -0.480 e. The molecule has 0 radical (unpaired) electrons. The maximum atomic E-state index is 12.1. The van der Waals surface area contributed by atoms with E-state index in [4.69, 9.17) is 9.84 Å². The lowest BCUT2D eigenvalue weighted by Crippen LogP contribution is -2.54. The van der Waals surface area contributed by atoms with Gasteiger partial charge in [-0.1, -0.05) is 13.3 Å². The van der Waals surface area contributed by atoms with Crippen molar-refractivity contribution in [3.05, 3.63) is 0 Å². The summed E-state index contributed by atoms with van der Waals surface area (Å²) in [5.74, 6) is -0.998. The zero-order chi connectivity index (χ0) is 13.4. The molecule has 0 aliphatic carbocycles. The third-order valence-corrected chi connectivity index (χ3v) is 3.11. The van der Waals surface area contributed by atoms with Gasteiger partial charge in [-0.25, -0.2) is 4.79 Å². The van der Waals surface area contributed by atoms with Gasteiger partial charge in [-0.3, -0.25) is 4.79 Å². The van der Waals surface area contributed by atoms with E-state index < -0.39 is 11.5 Å². The van der Waals surface area contributed by atoms with Crippen LogP contribution < -0.4 is 10.6 Å². The van der Waals surface area contributed by atoms with Crippen LogP contribution in [0.4, 0.5) is 0 Å². The second kappa shape index (κ2) is 7.33. The highest BCUT2D eigenvalue weighted by atomic mass is 16.5. The number of carbonyl (C=O) groups excluding carboxylic acids is 1. The fourth-order valence-electron chi connectivity index (χ4n) is 2.32. The fraction of sp³-hybridized carbons (Fsp3) is 0.833. The number of ether oxygens (including phenoxy) is 1. The molecule has 1 unspecified atom stereocenters. The van der Waals surface area contributed by atoms with Crippen molar-refractivity contribution in [1.29, 1.82) is 0 Å². The van der Waals surface area contributed by atoms with E-state index in [1.165, 1.54) is 0 Å². The van der Waals surface area contributed by atoms with Gasteiger partial charge in [0.2, 0.25) is 5.91 Å². The molecule has 0 saturated carbocycles. The lowest BCUT2D eigenvalue weighted by atomic mass is 9.91. The van der Waals surface area contributed by atoms with Crippen LogP contribution >= 0.6 is 0 Å². The summed E-state index contributed by atoms with van der Waals surface area (Å²) in [4.78, 5) is 22.3. The molecule has 1 atom stereocenters. The van der Waals surface area contributed by atoms with Gasteiger partial charge in [0, 0.05) is 6.54 Å². The number of carboxylic acids is 1. The summed E-state index contributed by atoms with van der Waals surface area (Å²) < 4.78 is 4.87. The normalized spacial score (nSPS) is 22.9. The summed E-state index contributed by atoms with van der Waals surface area (Å²) in [5, 5.41) is 14.5. The lowest BCUT2D eigenvalue weighted by molar-refractivity contribution is -0.142. The van der Waals surface area contributed by atoms with E-state index >= 15 is 0 Å². The Bertz CT molecular complexity index is 288. The van der Waals surface area contributed by atoms with Crippen LogP contribution in [0, 0.1) is 0 Å². The third kappa shape index (κ3) is 4.27.